The number of amides is 1. The van der Waals surface area contributed by atoms with Crippen LogP contribution >= 0.6 is 0 Å². The summed E-state index contributed by atoms with van der Waals surface area (Å²) in [5.74, 6) is -1.54. The van der Waals surface area contributed by atoms with Crippen LogP contribution in [0.2, 0.25) is 0 Å². The van der Waals surface area contributed by atoms with E-state index < -0.39 is 18.5 Å². The number of nitrogens with zero attached hydrogens (tertiary/aromatic N) is 1. The van der Waals surface area contributed by atoms with E-state index in [2.05, 4.69) is 15.0 Å². The van der Waals surface area contributed by atoms with E-state index in [0.717, 1.165) is 4.46 Å². The zero-order valence-electron chi connectivity index (χ0n) is 9.25. The molecule has 2 N–H and O–H groups in total. The Morgan fingerprint density at radius 2 is 2.00 bits per heavy atom. The van der Waals surface area contributed by atoms with Gasteiger partial charge in [-0.2, -0.15) is 0 Å². The van der Waals surface area contributed by atoms with Gasteiger partial charge < -0.3 is 0 Å². The second-order valence-corrected chi connectivity index (χ2v) is 4.95. The van der Waals surface area contributed by atoms with Crippen molar-refractivity contribution in [2.24, 2.45) is 0 Å². The van der Waals surface area contributed by atoms with Gasteiger partial charge in [0.1, 0.15) is 0 Å². The summed E-state index contributed by atoms with van der Waals surface area (Å²) in [5.41, 5.74) is 0.580. The van der Waals surface area contributed by atoms with Crippen LogP contribution in [0.4, 0.5) is 5.69 Å². The molecule has 1 aromatic rings. The molecular formula is C11H10N2O4Se. The number of rotatable bonds is 6. The van der Waals surface area contributed by atoms with Crippen LogP contribution < -0.4 is 9.78 Å². The average Bonchev–Trinajstić information content (AvgIpc) is 2.31. The van der Waals surface area contributed by atoms with E-state index in [-0.39, 0.29) is 21.6 Å². The minimum atomic E-state index is -1.12. The standard InChI is InChI=1S/C11H10N2O4Se/c12-7-18-9-3-1-8(2-4-9)13-10(14)5-17-6-11(15)16/h1-4H,5-6H2,(H,13,14)(H,15,16). The molecule has 0 aliphatic rings. The number of hydrogen-bond donors (Lipinski definition) is 2. The number of anilines is 1. The number of aliphatic carboxylic acids is 1. The maximum atomic E-state index is 11.3. The molecule has 0 aromatic heterocycles. The molecule has 0 saturated heterocycles. The third-order valence-electron chi connectivity index (χ3n) is 1.76. The van der Waals surface area contributed by atoms with Crippen LogP contribution in [-0.4, -0.2) is 45.2 Å². The SMILES string of the molecule is N#C[Se]c1ccc(NC(=O)COCC(=O)O)cc1. The van der Waals surface area contributed by atoms with Crippen molar-refractivity contribution in [3.05, 3.63) is 24.3 Å². The fraction of sp³-hybridized carbons (Fsp3) is 0.182. The topological polar surface area (TPSA) is 99.4 Å². The molecule has 0 aliphatic carbocycles. The molecule has 0 fully saturated rings. The maximum absolute atomic E-state index is 11.3. The summed E-state index contributed by atoms with van der Waals surface area (Å²) in [6.45, 7) is -0.812. The van der Waals surface area contributed by atoms with Crippen LogP contribution in [0, 0.1) is 10.2 Å². The number of ether oxygens (including phenoxy) is 1. The molecule has 1 rings (SSSR count). The Kier molecular flexibility index (Phi) is 5.88. The molecule has 1 amide bonds. The predicted octanol–water partition coefficient (Wildman–Crippen LogP) is -0.463. The van der Waals surface area contributed by atoms with Crippen molar-refractivity contribution in [2.45, 2.75) is 0 Å². The molecule has 0 atom stereocenters. The Morgan fingerprint density at radius 1 is 1.33 bits per heavy atom. The first-order valence-electron chi connectivity index (χ1n) is 4.87. The van der Waals surface area contributed by atoms with Gasteiger partial charge in [-0.1, -0.05) is 0 Å². The Balaban J connectivity index is 2.40. The van der Waals surface area contributed by atoms with Crippen molar-refractivity contribution in [1.82, 2.24) is 0 Å². The second-order valence-electron chi connectivity index (χ2n) is 3.15. The molecule has 94 valence electrons. The molecule has 6 nitrogen and oxygen atoms in total. The number of nitriles is 1. The van der Waals surface area contributed by atoms with Crippen molar-refractivity contribution < 1.29 is 19.4 Å². The van der Waals surface area contributed by atoms with E-state index in [1.807, 2.05) is 0 Å². The van der Waals surface area contributed by atoms with E-state index in [0.29, 0.717) is 5.69 Å². The normalized spacial score (nSPS) is 9.50. The first-order chi connectivity index (χ1) is 8.61. The Labute approximate surface area is 110 Å². The summed E-state index contributed by atoms with van der Waals surface area (Å²) in [6, 6.07) is 6.89. The van der Waals surface area contributed by atoms with Crippen molar-refractivity contribution >= 4 is 37.0 Å². The number of nitrogens with one attached hydrogen (secondary N) is 1. The van der Waals surface area contributed by atoms with Crippen molar-refractivity contribution in [3.8, 4) is 4.97 Å². The average molecular weight is 313 g/mol. The van der Waals surface area contributed by atoms with Crippen LogP contribution in [0.5, 0.6) is 0 Å². The summed E-state index contributed by atoms with van der Waals surface area (Å²) in [5, 5.41) is 19.4. The number of carboxylic acids is 1. The summed E-state index contributed by atoms with van der Waals surface area (Å²) in [4.78, 5) is 23.6. The van der Waals surface area contributed by atoms with Crippen molar-refractivity contribution in [2.75, 3.05) is 18.5 Å². The number of carbonyl (C=O) groups is 2. The first-order valence-corrected chi connectivity index (χ1v) is 6.58. The van der Waals surface area contributed by atoms with Gasteiger partial charge in [-0.3, -0.25) is 0 Å². The van der Waals surface area contributed by atoms with Gasteiger partial charge in [-0.05, 0) is 0 Å². The Hall–Kier alpha value is -1.87. The molecule has 0 bridgehead atoms. The molecule has 0 heterocycles. The van der Waals surface area contributed by atoms with Gasteiger partial charge in [0.2, 0.25) is 0 Å². The molecule has 0 radical (unpaired) electrons. The third-order valence-corrected chi connectivity index (χ3v) is 3.02. The fourth-order valence-electron chi connectivity index (χ4n) is 1.09. The van der Waals surface area contributed by atoms with Gasteiger partial charge in [-0.25, -0.2) is 0 Å². The zero-order chi connectivity index (χ0) is 13.4. The Bertz CT molecular complexity index is 467. The van der Waals surface area contributed by atoms with Crippen molar-refractivity contribution in [1.29, 1.82) is 5.26 Å². The molecule has 0 aliphatic heterocycles. The van der Waals surface area contributed by atoms with Gasteiger partial charge in [0.15, 0.2) is 0 Å². The number of benzene rings is 1. The molecule has 0 unspecified atom stereocenters. The number of carbonyl (C=O) groups excluding carboxylic acids is 1. The van der Waals surface area contributed by atoms with Crippen molar-refractivity contribution in [3.63, 3.8) is 0 Å². The second kappa shape index (κ2) is 7.45. The van der Waals surface area contributed by atoms with Gasteiger partial charge in [0, 0.05) is 0 Å². The van der Waals surface area contributed by atoms with Crippen LogP contribution in [0.1, 0.15) is 0 Å². The first kappa shape index (κ1) is 14.2. The molecule has 18 heavy (non-hydrogen) atoms. The van der Waals surface area contributed by atoms with Gasteiger partial charge in [0.25, 0.3) is 0 Å². The predicted molar refractivity (Wildman–Crippen MR) is 64.5 cm³/mol. The van der Waals surface area contributed by atoms with Crippen LogP contribution in [0.3, 0.4) is 0 Å². The van der Waals surface area contributed by atoms with E-state index in [1.165, 1.54) is 0 Å². The van der Waals surface area contributed by atoms with Gasteiger partial charge >= 0.3 is 109 Å². The van der Waals surface area contributed by atoms with Gasteiger partial charge in [-0.15, -0.1) is 0 Å². The van der Waals surface area contributed by atoms with E-state index in [1.54, 1.807) is 24.3 Å². The van der Waals surface area contributed by atoms with E-state index in [4.69, 9.17) is 10.4 Å². The summed E-state index contributed by atoms with van der Waals surface area (Å²) < 4.78 is 5.56. The Morgan fingerprint density at radius 3 is 2.56 bits per heavy atom. The molecule has 1 aromatic carbocycles. The van der Waals surface area contributed by atoms with Gasteiger partial charge in [0.05, 0.1) is 0 Å². The third kappa shape index (κ3) is 5.46. The minimum absolute atomic E-state index is 0.215. The van der Waals surface area contributed by atoms with Crippen LogP contribution in [0.15, 0.2) is 24.3 Å². The van der Waals surface area contributed by atoms with E-state index >= 15 is 0 Å². The molecule has 7 heteroatoms. The summed E-state index contributed by atoms with van der Waals surface area (Å²) in [7, 11) is 0. The number of carboxylic acid groups (broad SMARTS) is 1. The zero-order valence-corrected chi connectivity index (χ0v) is 11.0. The summed E-state index contributed by atoms with van der Waals surface area (Å²) >= 11 is -0.215. The monoisotopic (exact) mass is 314 g/mol. The molecule has 0 spiro atoms. The molecular weight excluding hydrogens is 303 g/mol. The fourth-order valence-corrected chi connectivity index (χ4v) is 1.88. The van der Waals surface area contributed by atoms with E-state index in [9.17, 15) is 9.59 Å². The summed E-state index contributed by atoms with van der Waals surface area (Å²) in [6.07, 6.45) is 0. The molecule has 0 saturated carbocycles. The van der Waals surface area contributed by atoms with Crippen LogP contribution in [0.25, 0.3) is 0 Å². The number of hydrogen-bond acceptors (Lipinski definition) is 4. The quantitative estimate of drug-likeness (QED) is 0.692. The van der Waals surface area contributed by atoms with Crippen LogP contribution in [-0.2, 0) is 14.3 Å².